The van der Waals surface area contributed by atoms with E-state index in [1.807, 2.05) is 0 Å². The van der Waals surface area contributed by atoms with E-state index < -0.39 is 5.97 Å². The summed E-state index contributed by atoms with van der Waals surface area (Å²) < 4.78 is 4.75. The maximum absolute atomic E-state index is 11.9. The van der Waals surface area contributed by atoms with E-state index in [0.717, 1.165) is 0 Å². The molecule has 2 rings (SSSR count). The molecule has 0 atom stereocenters. The second kappa shape index (κ2) is 5.58. The van der Waals surface area contributed by atoms with Crippen molar-refractivity contribution in [2.24, 2.45) is 0 Å². The number of nitrogens with zero attached hydrogens (tertiary/aromatic N) is 2. The number of carbonyl (C=O) groups is 2. The van der Waals surface area contributed by atoms with E-state index in [-0.39, 0.29) is 18.0 Å². The lowest BCUT2D eigenvalue weighted by Crippen LogP contribution is -2.49. The molecule has 7 heteroatoms. The molecular weight excluding hydrogens is 282 g/mol. The van der Waals surface area contributed by atoms with Gasteiger partial charge in [0.1, 0.15) is 0 Å². The standard InChI is InChI=1S/C13H16ClN3O3/c1-16-3-4-17(7-11(16)18)12-9(13(19)20-2)5-8(15)6-10(12)14/h5-6H,3-4,7,15H2,1-2H3. The fraction of sp³-hybridized carbons (Fsp3) is 0.385. The van der Waals surface area contributed by atoms with E-state index in [1.165, 1.54) is 13.2 Å². The minimum Gasteiger partial charge on any atom is -0.465 e. The van der Waals surface area contributed by atoms with Gasteiger partial charge in [-0.1, -0.05) is 11.6 Å². The van der Waals surface area contributed by atoms with E-state index in [2.05, 4.69) is 0 Å². The summed E-state index contributed by atoms with van der Waals surface area (Å²) in [5.74, 6) is -0.555. The van der Waals surface area contributed by atoms with Gasteiger partial charge in [-0.15, -0.1) is 0 Å². The van der Waals surface area contributed by atoms with Crippen molar-refractivity contribution in [2.45, 2.75) is 0 Å². The molecule has 1 heterocycles. The first-order valence-electron chi connectivity index (χ1n) is 6.10. The van der Waals surface area contributed by atoms with Crippen LogP contribution < -0.4 is 10.6 Å². The summed E-state index contributed by atoms with van der Waals surface area (Å²) in [6, 6.07) is 3.07. The Balaban J connectivity index is 2.45. The number of halogens is 1. The third-order valence-corrected chi connectivity index (χ3v) is 3.55. The minimum absolute atomic E-state index is 0.0278. The highest BCUT2D eigenvalue weighted by Gasteiger charge is 2.27. The number of esters is 1. The van der Waals surface area contributed by atoms with Crippen LogP contribution in [-0.4, -0.2) is 50.6 Å². The quantitative estimate of drug-likeness (QED) is 0.651. The van der Waals surface area contributed by atoms with Crippen molar-refractivity contribution in [3.05, 3.63) is 22.7 Å². The van der Waals surface area contributed by atoms with Crippen LogP contribution in [0.3, 0.4) is 0 Å². The lowest BCUT2D eigenvalue weighted by molar-refractivity contribution is -0.129. The van der Waals surface area contributed by atoms with Gasteiger partial charge in [-0.05, 0) is 12.1 Å². The Morgan fingerprint density at radius 2 is 2.10 bits per heavy atom. The van der Waals surface area contributed by atoms with Gasteiger partial charge in [0.05, 0.1) is 29.9 Å². The second-order valence-corrected chi connectivity index (χ2v) is 5.03. The van der Waals surface area contributed by atoms with Crippen LogP contribution in [0.5, 0.6) is 0 Å². The molecule has 6 nitrogen and oxygen atoms in total. The van der Waals surface area contributed by atoms with Gasteiger partial charge in [-0.2, -0.15) is 0 Å². The molecule has 2 N–H and O–H groups in total. The van der Waals surface area contributed by atoms with Crippen LogP contribution in [0.2, 0.25) is 5.02 Å². The van der Waals surface area contributed by atoms with Gasteiger partial charge in [0.25, 0.3) is 0 Å². The first-order valence-corrected chi connectivity index (χ1v) is 6.48. The highest BCUT2D eigenvalue weighted by Crippen LogP contribution is 2.33. The first kappa shape index (κ1) is 14.5. The average molecular weight is 298 g/mol. The Bertz CT molecular complexity index is 562. The Kier molecular flexibility index (Phi) is 4.04. The molecule has 1 aromatic rings. The Labute approximate surface area is 122 Å². The number of hydrogen-bond donors (Lipinski definition) is 1. The maximum Gasteiger partial charge on any atom is 0.340 e. The van der Waals surface area contributed by atoms with Gasteiger partial charge in [0, 0.05) is 25.8 Å². The molecule has 1 amide bonds. The Morgan fingerprint density at radius 1 is 1.40 bits per heavy atom. The molecule has 108 valence electrons. The normalized spacial score (nSPS) is 15.4. The van der Waals surface area contributed by atoms with Crippen molar-refractivity contribution < 1.29 is 14.3 Å². The van der Waals surface area contributed by atoms with Gasteiger partial charge < -0.3 is 20.3 Å². The summed E-state index contributed by atoms with van der Waals surface area (Å²) in [6.45, 7) is 1.33. The van der Waals surface area contributed by atoms with Crippen molar-refractivity contribution in [1.82, 2.24) is 4.90 Å². The number of hydrogen-bond acceptors (Lipinski definition) is 5. The number of nitrogens with two attached hydrogens (primary N) is 1. The first-order chi connectivity index (χ1) is 9.43. The number of rotatable bonds is 2. The fourth-order valence-corrected chi connectivity index (χ4v) is 2.50. The third-order valence-electron chi connectivity index (χ3n) is 3.26. The number of amides is 1. The van der Waals surface area contributed by atoms with E-state index >= 15 is 0 Å². The van der Waals surface area contributed by atoms with Crippen molar-refractivity contribution >= 4 is 34.9 Å². The fourth-order valence-electron chi connectivity index (χ4n) is 2.16. The summed E-state index contributed by atoms with van der Waals surface area (Å²) in [5.41, 5.74) is 6.86. The van der Waals surface area contributed by atoms with Crippen molar-refractivity contribution in [1.29, 1.82) is 0 Å². The van der Waals surface area contributed by atoms with Crippen LogP contribution in [0.4, 0.5) is 11.4 Å². The van der Waals surface area contributed by atoms with Crippen LogP contribution in [0.25, 0.3) is 0 Å². The van der Waals surface area contributed by atoms with Crippen LogP contribution >= 0.6 is 11.6 Å². The smallest absolute Gasteiger partial charge is 0.340 e. The van der Waals surface area contributed by atoms with Crippen molar-refractivity contribution in [3.8, 4) is 0 Å². The van der Waals surface area contributed by atoms with Gasteiger partial charge in [-0.3, -0.25) is 4.79 Å². The van der Waals surface area contributed by atoms with Crippen LogP contribution in [0.1, 0.15) is 10.4 Å². The molecule has 0 spiro atoms. The molecule has 0 saturated carbocycles. The summed E-state index contributed by atoms with van der Waals surface area (Å²) in [6.07, 6.45) is 0. The predicted molar refractivity (Wildman–Crippen MR) is 77.1 cm³/mol. The largest absolute Gasteiger partial charge is 0.465 e. The zero-order valence-electron chi connectivity index (χ0n) is 11.4. The molecule has 1 aliphatic heterocycles. The molecule has 0 aliphatic carbocycles. The van der Waals surface area contributed by atoms with E-state index in [0.29, 0.717) is 29.5 Å². The summed E-state index contributed by atoms with van der Waals surface area (Å²) in [4.78, 5) is 27.1. The number of benzene rings is 1. The third kappa shape index (κ3) is 2.65. The number of anilines is 2. The molecule has 0 bridgehead atoms. The van der Waals surface area contributed by atoms with Gasteiger partial charge >= 0.3 is 5.97 Å². The van der Waals surface area contributed by atoms with E-state index in [4.69, 9.17) is 22.1 Å². The average Bonchev–Trinajstić information content (AvgIpc) is 2.40. The van der Waals surface area contributed by atoms with E-state index in [1.54, 1.807) is 22.9 Å². The molecule has 0 unspecified atom stereocenters. The molecule has 1 aliphatic rings. The number of carbonyl (C=O) groups excluding carboxylic acids is 2. The molecule has 1 fully saturated rings. The van der Waals surface area contributed by atoms with E-state index in [9.17, 15) is 9.59 Å². The van der Waals surface area contributed by atoms with Crippen molar-refractivity contribution in [3.63, 3.8) is 0 Å². The molecule has 0 radical (unpaired) electrons. The molecule has 0 aromatic heterocycles. The second-order valence-electron chi connectivity index (χ2n) is 4.63. The number of likely N-dealkylation sites (N-methyl/N-ethyl adjacent to an activating group) is 1. The van der Waals surface area contributed by atoms with Crippen molar-refractivity contribution in [2.75, 3.05) is 44.4 Å². The topological polar surface area (TPSA) is 75.9 Å². The summed E-state index contributed by atoms with van der Waals surface area (Å²) in [7, 11) is 3.03. The predicted octanol–water partition coefficient (Wildman–Crippen LogP) is 0.987. The van der Waals surface area contributed by atoms with Gasteiger partial charge in [0.2, 0.25) is 5.91 Å². The maximum atomic E-state index is 11.9. The highest BCUT2D eigenvalue weighted by atomic mass is 35.5. The SMILES string of the molecule is COC(=O)c1cc(N)cc(Cl)c1N1CCN(C)C(=O)C1. The van der Waals surface area contributed by atoms with Crippen LogP contribution in [-0.2, 0) is 9.53 Å². The molecular formula is C13H16ClN3O3. The minimum atomic E-state index is -0.527. The number of methoxy groups -OCH3 is 1. The Morgan fingerprint density at radius 3 is 2.70 bits per heavy atom. The highest BCUT2D eigenvalue weighted by molar-refractivity contribution is 6.34. The van der Waals surface area contributed by atoms with Gasteiger partial charge in [-0.25, -0.2) is 4.79 Å². The number of nitrogen functional groups attached to an aromatic ring is 1. The molecule has 1 saturated heterocycles. The Hall–Kier alpha value is -1.95. The van der Waals surface area contributed by atoms with Crippen LogP contribution in [0, 0.1) is 0 Å². The monoisotopic (exact) mass is 297 g/mol. The van der Waals surface area contributed by atoms with Gasteiger partial charge in [0.15, 0.2) is 0 Å². The zero-order valence-corrected chi connectivity index (χ0v) is 12.1. The summed E-state index contributed by atoms with van der Waals surface area (Å²) in [5, 5.41) is 0.336. The number of ether oxygens (including phenoxy) is 1. The lowest BCUT2D eigenvalue weighted by atomic mass is 10.1. The number of piperazine rings is 1. The summed E-state index contributed by atoms with van der Waals surface area (Å²) >= 11 is 6.20. The molecule has 20 heavy (non-hydrogen) atoms. The van der Waals surface area contributed by atoms with Crippen LogP contribution in [0.15, 0.2) is 12.1 Å². The lowest BCUT2D eigenvalue weighted by Gasteiger charge is -2.34. The zero-order chi connectivity index (χ0) is 14.9. The molecule has 1 aromatic carbocycles.